The fourth-order valence-corrected chi connectivity index (χ4v) is 0.814. The lowest BCUT2D eigenvalue weighted by molar-refractivity contribution is 0.835. The summed E-state index contributed by atoms with van der Waals surface area (Å²) >= 11 is 5.90. The van der Waals surface area contributed by atoms with Gasteiger partial charge in [-0.2, -0.15) is 0 Å². The van der Waals surface area contributed by atoms with Crippen LogP contribution < -0.4 is 5.32 Å². The van der Waals surface area contributed by atoms with Gasteiger partial charge in [0.05, 0.1) is 5.38 Å². The van der Waals surface area contributed by atoms with Crippen molar-refractivity contribution < 1.29 is 0 Å². The zero-order valence-corrected chi connectivity index (χ0v) is 7.75. The Bertz CT molecular complexity index is 215. The lowest BCUT2D eigenvalue weighted by atomic mass is 10.3. The fraction of sp³-hybridized carbons (Fsp3) is 0.500. The summed E-state index contributed by atoms with van der Waals surface area (Å²) in [5, 5.41) is 3.19. The van der Waals surface area contributed by atoms with Crippen LogP contribution in [0, 0.1) is 0 Å². The van der Waals surface area contributed by atoms with Crippen molar-refractivity contribution >= 4 is 17.5 Å². The van der Waals surface area contributed by atoms with E-state index in [-0.39, 0.29) is 5.38 Å². The number of aromatic nitrogens is 2. The van der Waals surface area contributed by atoms with Crippen LogP contribution in [-0.4, -0.2) is 21.9 Å². The molecule has 0 saturated heterocycles. The second kappa shape index (κ2) is 4.93. The Morgan fingerprint density at radius 2 is 2.17 bits per heavy atom. The van der Waals surface area contributed by atoms with E-state index in [1.54, 1.807) is 18.5 Å². The van der Waals surface area contributed by atoms with Crippen LogP contribution in [0.3, 0.4) is 0 Å². The van der Waals surface area contributed by atoms with Crippen LogP contribution >= 0.6 is 11.6 Å². The van der Waals surface area contributed by atoms with Gasteiger partial charge in [0.2, 0.25) is 5.95 Å². The molecule has 0 radical (unpaired) electrons. The van der Waals surface area contributed by atoms with Gasteiger partial charge < -0.3 is 5.32 Å². The normalized spacial score (nSPS) is 12.5. The monoisotopic (exact) mass is 185 g/mol. The van der Waals surface area contributed by atoms with Crippen LogP contribution in [0.25, 0.3) is 0 Å². The number of hydrogen-bond acceptors (Lipinski definition) is 3. The first-order valence-corrected chi connectivity index (χ1v) is 4.41. The number of hydrogen-bond donors (Lipinski definition) is 1. The number of halogens is 1. The van der Waals surface area contributed by atoms with Gasteiger partial charge in [0.25, 0.3) is 0 Å². The van der Waals surface area contributed by atoms with E-state index in [1.165, 1.54) is 0 Å². The third-order valence-electron chi connectivity index (χ3n) is 1.49. The Labute approximate surface area is 77.2 Å². The smallest absolute Gasteiger partial charge is 0.222 e. The molecule has 1 atom stereocenters. The number of anilines is 1. The minimum atomic E-state index is 0.147. The summed E-state index contributed by atoms with van der Waals surface area (Å²) in [6.45, 7) is 2.76. The summed E-state index contributed by atoms with van der Waals surface area (Å²) in [5.74, 6) is 0.636. The molecule has 0 aliphatic rings. The standard InChI is InChI=1S/C8H12ClN3/c1-2-7(9)6-12-8-10-4-3-5-11-8/h3-5,7H,2,6H2,1H3,(H,10,11,12). The van der Waals surface area contributed by atoms with Gasteiger partial charge in [-0.15, -0.1) is 11.6 Å². The predicted octanol–water partition coefficient (Wildman–Crippen LogP) is 1.91. The van der Waals surface area contributed by atoms with E-state index in [9.17, 15) is 0 Å². The van der Waals surface area contributed by atoms with Gasteiger partial charge in [0, 0.05) is 18.9 Å². The second-order valence-corrected chi connectivity index (χ2v) is 3.08. The molecule has 0 spiro atoms. The first-order valence-electron chi connectivity index (χ1n) is 3.98. The van der Waals surface area contributed by atoms with Gasteiger partial charge in [-0.25, -0.2) is 9.97 Å². The van der Waals surface area contributed by atoms with Crippen molar-refractivity contribution in [1.82, 2.24) is 9.97 Å². The molecule has 0 amide bonds. The largest absolute Gasteiger partial charge is 0.353 e. The van der Waals surface area contributed by atoms with Crippen molar-refractivity contribution in [3.63, 3.8) is 0 Å². The molecule has 0 aromatic carbocycles. The Kier molecular flexibility index (Phi) is 3.80. The molecule has 0 fully saturated rings. The Balaban J connectivity index is 2.33. The first kappa shape index (κ1) is 9.26. The highest BCUT2D eigenvalue weighted by Gasteiger charge is 2.00. The molecule has 0 bridgehead atoms. The second-order valence-electron chi connectivity index (χ2n) is 2.46. The van der Waals surface area contributed by atoms with E-state index < -0.39 is 0 Å². The lowest BCUT2D eigenvalue weighted by Crippen LogP contribution is -2.14. The Hall–Kier alpha value is -0.830. The molecule has 3 nitrogen and oxygen atoms in total. The molecule has 1 aromatic heterocycles. The lowest BCUT2D eigenvalue weighted by Gasteiger charge is -2.06. The molecule has 66 valence electrons. The summed E-state index contributed by atoms with van der Waals surface area (Å²) in [6, 6.07) is 1.78. The average Bonchev–Trinajstić information content (AvgIpc) is 2.16. The van der Waals surface area contributed by atoms with Crippen LogP contribution in [0.1, 0.15) is 13.3 Å². The topological polar surface area (TPSA) is 37.8 Å². The zero-order chi connectivity index (χ0) is 8.81. The van der Waals surface area contributed by atoms with Crippen molar-refractivity contribution in [3.8, 4) is 0 Å². The van der Waals surface area contributed by atoms with Gasteiger partial charge in [0.15, 0.2) is 0 Å². The fourth-order valence-electron chi connectivity index (χ4n) is 0.737. The van der Waals surface area contributed by atoms with E-state index in [0.29, 0.717) is 12.5 Å². The Morgan fingerprint density at radius 3 is 2.75 bits per heavy atom. The third-order valence-corrected chi connectivity index (χ3v) is 1.95. The van der Waals surface area contributed by atoms with Crippen LogP contribution in [0.5, 0.6) is 0 Å². The van der Waals surface area contributed by atoms with E-state index in [1.807, 2.05) is 6.92 Å². The van der Waals surface area contributed by atoms with Crippen LogP contribution in [0.4, 0.5) is 5.95 Å². The number of alkyl halides is 1. The molecule has 1 aromatic rings. The maximum atomic E-state index is 5.90. The molecule has 12 heavy (non-hydrogen) atoms. The van der Waals surface area contributed by atoms with Crippen molar-refractivity contribution in [2.24, 2.45) is 0 Å². The number of nitrogens with zero attached hydrogens (tertiary/aromatic N) is 2. The van der Waals surface area contributed by atoms with Gasteiger partial charge in [-0.05, 0) is 12.5 Å². The van der Waals surface area contributed by atoms with Crippen LogP contribution in [0.15, 0.2) is 18.5 Å². The highest BCUT2D eigenvalue weighted by Crippen LogP contribution is 2.02. The van der Waals surface area contributed by atoms with Crippen molar-refractivity contribution in [2.45, 2.75) is 18.7 Å². The maximum Gasteiger partial charge on any atom is 0.222 e. The van der Waals surface area contributed by atoms with Crippen molar-refractivity contribution in [2.75, 3.05) is 11.9 Å². The highest BCUT2D eigenvalue weighted by molar-refractivity contribution is 6.20. The number of rotatable bonds is 4. The Morgan fingerprint density at radius 1 is 1.50 bits per heavy atom. The van der Waals surface area contributed by atoms with Crippen molar-refractivity contribution in [1.29, 1.82) is 0 Å². The molecule has 4 heteroatoms. The first-order chi connectivity index (χ1) is 5.83. The summed E-state index contributed by atoms with van der Waals surface area (Å²) < 4.78 is 0. The quantitative estimate of drug-likeness (QED) is 0.729. The van der Waals surface area contributed by atoms with Gasteiger partial charge in [0.1, 0.15) is 0 Å². The molecule has 1 rings (SSSR count). The van der Waals surface area contributed by atoms with E-state index in [2.05, 4.69) is 15.3 Å². The predicted molar refractivity (Wildman–Crippen MR) is 50.5 cm³/mol. The maximum absolute atomic E-state index is 5.90. The SMILES string of the molecule is CCC(Cl)CNc1ncccn1. The van der Waals surface area contributed by atoms with Gasteiger partial charge in [-0.3, -0.25) is 0 Å². The number of nitrogens with one attached hydrogen (secondary N) is 1. The zero-order valence-electron chi connectivity index (χ0n) is 7.00. The van der Waals surface area contributed by atoms with E-state index >= 15 is 0 Å². The summed E-state index contributed by atoms with van der Waals surface area (Å²) in [4.78, 5) is 8.01. The summed E-state index contributed by atoms with van der Waals surface area (Å²) in [5.41, 5.74) is 0. The molecule has 0 aliphatic carbocycles. The van der Waals surface area contributed by atoms with Crippen LogP contribution in [-0.2, 0) is 0 Å². The third kappa shape index (κ3) is 3.05. The summed E-state index contributed by atoms with van der Waals surface area (Å²) in [6.07, 6.45) is 4.34. The van der Waals surface area contributed by atoms with E-state index in [4.69, 9.17) is 11.6 Å². The molecule has 1 heterocycles. The molecular formula is C8H12ClN3. The molecule has 0 saturated carbocycles. The van der Waals surface area contributed by atoms with E-state index in [0.717, 1.165) is 6.42 Å². The molecule has 1 unspecified atom stereocenters. The van der Waals surface area contributed by atoms with Crippen LogP contribution in [0.2, 0.25) is 0 Å². The van der Waals surface area contributed by atoms with Gasteiger partial charge in [-0.1, -0.05) is 6.92 Å². The molecule has 1 N–H and O–H groups in total. The summed E-state index contributed by atoms with van der Waals surface area (Å²) in [7, 11) is 0. The van der Waals surface area contributed by atoms with Gasteiger partial charge >= 0.3 is 0 Å². The average molecular weight is 186 g/mol. The molecular weight excluding hydrogens is 174 g/mol. The highest BCUT2D eigenvalue weighted by atomic mass is 35.5. The van der Waals surface area contributed by atoms with Crippen molar-refractivity contribution in [3.05, 3.63) is 18.5 Å². The molecule has 0 aliphatic heterocycles. The minimum Gasteiger partial charge on any atom is -0.353 e. The minimum absolute atomic E-state index is 0.147.